The Morgan fingerprint density at radius 1 is 1.23 bits per heavy atom. The fourth-order valence-electron chi connectivity index (χ4n) is 4.62. The summed E-state index contributed by atoms with van der Waals surface area (Å²) in [7, 11) is 0. The topological polar surface area (TPSA) is 55.2 Å². The molecule has 2 aliphatic rings. The largest absolute Gasteiger partial charge is 0.336 e. The Morgan fingerprint density at radius 2 is 1.96 bits per heavy atom. The first-order valence-electron chi connectivity index (χ1n) is 9.76. The summed E-state index contributed by atoms with van der Waals surface area (Å²) in [5, 5.41) is 0.756. The number of amides is 1. The van der Waals surface area contributed by atoms with E-state index in [-0.39, 0.29) is 30.1 Å². The lowest BCUT2D eigenvalue weighted by Gasteiger charge is -2.39. The summed E-state index contributed by atoms with van der Waals surface area (Å²) >= 11 is 1.65. The summed E-state index contributed by atoms with van der Waals surface area (Å²) in [6, 6.07) is 0.489. The van der Waals surface area contributed by atoms with E-state index in [1.807, 2.05) is 4.90 Å². The van der Waals surface area contributed by atoms with Crippen molar-refractivity contribution < 1.29 is 4.79 Å². The van der Waals surface area contributed by atoms with Crippen LogP contribution in [0.5, 0.6) is 0 Å². The van der Waals surface area contributed by atoms with Gasteiger partial charge in [-0.1, -0.05) is 6.92 Å². The second-order valence-corrected chi connectivity index (χ2v) is 9.22. The highest BCUT2D eigenvalue weighted by molar-refractivity contribution is 7.18. The first-order valence-corrected chi connectivity index (χ1v) is 10.6. The third-order valence-electron chi connectivity index (χ3n) is 6.07. The maximum Gasteiger partial charge on any atom is 0.262 e. The molecule has 0 bridgehead atoms. The van der Waals surface area contributed by atoms with Gasteiger partial charge in [0.15, 0.2) is 0 Å². The van der Waals surface area contributed by atoms with Gasteiger partial charge in [0, 0.05) is 17.0 Å². The van der Waals surface area contributed by atoms with Crippen LogP contribution in [0.1, 0.15) is 56.9 Å². The lowest BCUT2D eigenvalue weighted by molar-refractivity contribution is -0.138. The van der Waals surface area contributed by atoms with Crippen LogP contribution in [0, 0.1) is 5.92 Å². The van der Waals surface area contributed by atoms with Gasteiger partial charge < -0.3 is 4.90 Å². The predicted octanol–water partition coefficient (Wildman–Crippen LogP) is 3.37. The Morgan fingerprint density at radius 3 is 2.69 bits per heavy atom. The van der Waals surface area contributed by atoms with Gasteiger partial charge in [-0.15, -0.1) is 11.3 Å². The number of hydrogen-bond donors (Lipinski definition) is 0. The Hall–Kier alpha value is -1.69. The molecule has 1 fully saturated rings. The minimum Gasteiger partial charge on any atom is -0.336 e. The molecular weight excluding hydrogens is 346 g/mol. The second kappa shape index (κ2) is 6.80. The smallest absolute Gasteiger partial charge is 0.262 e. The van der Waals surface area contributed by atoms with Crippen LogP contribution in [-0.4, -0.2) is 32.4 Å². The van der Waals surface area contributed by atoms with E-state index in [0.29, 0.717) is 5.92 Å². The number of aryl methyl sites for hydroxylation is 1. The Bertz CT molecular complexity index is 890. The minimum atomic E-state index is -0.0484. The Kier molecular flexibility index (Phi) is 4.63. The monoisotopic (exact) mass is 373 g/mol. The van der Waals surface area contributed by atoms with E-state index >= 15 is 0 Å². The lowest BCUT2D eigenvalue weighted by Crippen LogP contribution is -2.49. The molecule has 0 unspecified atom stereocenters. The zero-order chi connectivity index (χ0) is 18.4. The molecule has 0 radical (unpaired) electrons. The molecule has 6 heteroatoms. The van der Waals surface area contributed by atoms with Gasteiger partial charge in [-0.3, -0.25) is 14.2 Å². The average Bonchev–Trinajstić information content (AvgIpc) is 2.95. The first kappa shape index (κ1) is 17.7. The molecule has 0 N–H and O–H groups in total. The van der Waals surface area contributed by atoms with Crippen molar-refractivity contribution in [2.75, 3.05) is 0 Å². The van der Waals surface area contributed by atoms with E-state index < -0.39 is 0 Å². The first-order chi connectivity index (χ1) is 12.5. The Labute approximate surface area is 158 Å². The normalized spacial score (nSPS) is 26.1. The summed E-state index contributed by atoms with van der Waals surface area (Å²) in [4.78, 5) is 34.6. The number of thiophene rings is 1. The van der Waals surface area contributed by atoms with Gasteiger partial charge in [0.2, 0.25) is 5.91 Å². The summed E-state index contributed by atoms with van der Waals surface area (Å²) < 4.78 is 1.52. The van der Waals surface area contributed by atoms with E-state index in [4.69, 9.17) is 0 Å². The number of aromatic nitrogens is 2. The van der Waals surface area contributed by atoms with Gasteiger partial charge in [0.25, 0.3) is 5.56 Å². The van der Waals surface area contributed by atoms with Crippen LogP contribution < -0.4 is 5.56 Å². The molecule has 5 nitrogen and oxygen atoms in total. The SMILES string of the molecule is C[C@@H]1CCc2c(sc3ncn(CC(=O)N4[C@H](C)CCC[C@@H]4C)c(=O)c23)C1. The number of nitrogens with zero attached hydrogens (tertiary/aromatic N) is 3. The van der Waals surface area contributed by atoms with E-state index in [0.717, 1.165) is 42.3 Å². The van der Waals surface area contributed by atoms with Gasteiger partial charge in [-0.2, -0.15) is 0 Å². The molecule has 1 aliphatic carbocycles. The summed E-state index contributed by atoms with van der Waals surface area (Å²) in [5.74, 6) is 0.701. The molecule has 0 spiro atoms. The molecule has 1 amide bonds. The molecule has 4 rings (SSSR count). The van der Waals surface area contributed by atoms with Gasteiger partial charge in [0.1, 0.15) is 11.4 Å². The quantitative estimate of drug-likeness (QED) is 0.811. The molecule has 2 aromatic rings. The van der Waals surface area contributed by atoms with Crippen molar-refractivity contribution in [2.24, 2.45) is 5.92 Å². The molecule has 1 saturated heterocycles. The van der Waals surface area contributed by atoms with E-state index in [1.165, 1.54) is 21.4 Å². The predicted molar refractivity (Wildman–Crippen MR) is 105 cm³/mol. The third kappa shape index (κ3) is 2.98. The van der Waals surface area contributed by atoms with Crippen molar-refractivity contribution in [1.82, 2.24) is 14.5 Å². The van der Waals surface area contributed by atoms with Gasteiger partial charge in [-0.25, -0.2) is 4.98 Å². The van der Waals surface area contributed by atoms with Crippen molar-refractivity contribution in [3.63, 3.8) is 0 Å². The molecule has 0 aromatic carbocycles. The zero-order valence-electron chi connectivity index (χ0n) is 15.8. The molecule has 140 valence electrons. The minimum absolute atomic E-state index is 0.0330. The van der Waals surface area contributed by atoms with Crippen LogP contribution >= 0.6 is 11.3 Å². The summed E-state index contributed by atoms with van der Waals surface area (Å²) in [6.45, 7) is 6.57. The van der Waals surface area contributed by atoms with Crippen LogP contribution in [-0.2, 0) is 24.2 Å². The summed E-state index contributed by atoms with van der Waals surface area (Å²) in [5.41, 5.74) is 1.13. The molecule has 0 saturated carbocycles. The standard InChI is InChI=1S/C20H27N3O2S/c1-12-7-8-15-16(9-12)26-19-18(15)20(25)22(11-21-19)10-17(24)23-13(2)5-4-6-14(23)3/h11-14H,4-10H2,1-3H3/t12-,13-,14+/m1/s1. The zero-order valence-corrected chi connectivity index (χ0v) is 16.6. The number of hydrogen-bond acceptors (Lipinski definition) is 4. The van der Waals surface area contributed by atoms with Crippen molar-refractivity contribution >= 4 is 27.5 Å². The fourth-order valence-corrected chi connectivity index (χ4v) is 5.96. The van der Waals surface area contributed by atoms with Crippen molar-refractivity contribution in [3.8, 4) is 0 Å². The second-order valence-electron chi connectivity index (χ2n) is 8.14. The molecule has 1 aliphatic heterocycles. The fraction of sp³-hybridized carbons (Fsp3) is 0.650. The van der Waals surface area contributed by atoms with Crippen molar-refractivity contribution in [3.05, 3.63) is 27.1 Å². The van der Waals surface area contributed by atoms with Crippen LogP contribution in [0.15, 0.2) is 11.1 Å². The molecule has 3 heterocycles. The van der Waals surface area contributed by atoms with Crippen molar-refractivity contribution in [2.45, 2.75) is 77.9 Å². The number of carbonyl (C=O) groups is 1. The Balaban J connectivity index is 1.66. The van der Waals surface area contributed by atoms with Crippen LogP contribution in [0.2, 0.25) is 0 Å². The lowest BCUT2D eigenvalue weighted by atomic mass is 9.89. The number of fused-ring (bicyclic) bond motifs is 3. The van der Waals surface area contributed by atoms with E-state index in [1.54, 1.807) is 17.7 Å². The van der Waals surface area contributed by atoms with E-state index in [2.05, 4.69) is 25.8 Å². The number of piperidine rings is 1. The molecular formula is C20H27N3O2S. The highest BCUT2D eigenvalue weighted by Crippen LogP contribution is 2.35. The van der Waals surface area contributed by atoms with Crippen molar-refractivity contribution in [1.29, 1.82) is 0 Å². The molecule has 2 aromatic heterocycles. The maximum atomic E-state index is 13.1. The van der Waals surface area contributed by atoms with Crippen LogP contribution in [0.3, 0.4) is 0 Å². The molecule has 3 atom stereocenters. The molecule has 26 heavy (non-hydrogen) atoms. The number of carbonyl (C=O) groups excluding carboxylic acids is 1. The summed E-state index contributed by atoms with van der Waals surface area (Å²) in [6.07, 6.45) is 7.92. The highest BCUT2D eigenvalue weighted by atomic mass is 32.1. The number of rotatable bonds is 2. The van der Waals surface area contributed by atoms with E-state index in [9.17, 15) is 9.59 Å². The van der Waals surface area contributed by atoms with Gasteiger partial charge in [0.05, 0.1) is 11.7 Å². The van der Waals surface area contributed by atoms with Crippen LogP contribution in [0.25, 0.3) is 10.2 Å². The third-order valence-corrected chi connectivity index (χ3v) is 7.23. The van der Waals surface area contributed by atoms with Crippen LogP contribution in [0.4, 0.5) is 0 Å². The highest BCUT2D eigenvalue weighted by Gasteiger charge is 2.29. The maximum absolute atomic E-state index is 13.1. The average molecular weight is 374 g/mol. The van der Waals surface area contributed by atoms with Gasteiger partial charge in [-0.05, 0) is 63.9 Å². The number of likely N-dealkylation sites (tertiary alicyclic amines) is 1. The van der Waals surface area contributed by atoms with Gasteiger partial charge >= 0.3 is 0 Å².